The van der Waals surface area contributed by atoms with E-state index in [1.807, 2.05) is 42.5 Å². The Balaban J connectivity index is 1.76. The Morgan fingerprint density at radius 3 is 2.33 bits per heavy atom. The second kappa shape index (κ2) is 10.9. The van der Waals surface area contributed by atoms with Crippen molar-refractivity contribution in [2.45, 2.75) is 31.3 Å². The summed E-state index contributed by atoms with van der Waals surface area (Å²) in [6.07, 6.45) is 0.754. The SMILES string of the molecule is CC(=O)C(CCc1ccc([S+]([O-])CCOCc2ccccc2)cc1)C(=O)O. The third-order valence-electron chi connectivity index (χ3n) is 4.22. The van der Waals surface area contributed by atoms with Crippen molar-refractivity contribution in [2.24, 2.45) is 5.92 Å². The fraction of sp³-hybridized carbons (Fsp3) is 0.333. The highest BCUT2D eigenvalue weighted by atomic mass is 32.2. The zero-order valence-electron chi connectivity index (χ0n) is 15.3. The van der Waals surface area contributed by atoms with Gasteiger partial charge in [-0.3, -0.25) is 9.59 Å². The van der Waals surface area contributed by atoms with Crippen molar-refractivity contribution in [3.05, 3.63) is 65.7 Å². The molecular formula is C21H24O5S. The molecule has 0 spiro atoms. The molecule has 0 bridgehead atoms. The molecular weight excluding hydrogens is 364 g/mol. The standard InChI is InChI=1S/C21H24O5S/c1-16(22)20(21(23)24)12-9-17-7-10-19(11-8-17)27(25)14-13-26-15-18-5-3-2-4-6-18/h2-8,10-11,20H,9,12-15H2,1H3,(H,23,24). The Hall–Kier alpha value is -2.15. The van der Waals surface area contributed by atoms with E-state index >= 15 is 0 Å². The number of benzene rings is 2. The van der Waals surface area contributed by atoms with Crippen molar-refractivity contribution in [3.8, 4) is 0 Å². The van der Waals surface area contributed by atoms with E-state index in [-0.39, 0.29) is 12.2 Å². The van der Waals surface area contributed by atoms with Crippen LogP contribution in [0.3, 0.4) is 0 Å². The molecule has 2 atom stereocenters. The lowest BCUT2D eigenvalue weighted by atomic mass is 9.96. The molecule has 0 amide bonds. The van der Waals surface area contributed by atoms with Crippen molar-refractivity contribution in [1.29, 1.82) is 0 Å². The minimum absolute atomic E-state index is 0.264. The maximum atomic E-state index is 12.3. The Labute approximate surface area is 162 Å². The molecule has 2 aromatic rings. The van der Waals surface area contributed by atoms with Crippen molar-refractivity contribution in [2.75, 3.05) is 12.4 Å². The smallest absolute Gasteiger partial charge is 0.314 e. The van der Waals surface area contributed by atoms with Gasteiger partial charge in [-0.15, -0.1) is 0 Å². The number of rotatable bonds is 11. The van der Waals surface area contributed by atoms with E-state index in [1.165, 1.54) is 6.92 Å². The second-order valence-electron chi connectivity index (χ2n) is 6.27. The van der Waals surface area contributed by atoms with Crippen LogP contribution in [0.25, 0.3) is 0 Å². The summed E-state index contributed by atoms with van der Waals surface area (Å²) in [6, 6.07) is 17.0. The zero-order valence-corrected chi connectivity index (χ0v) is 16.1. The quantitative estimate of drug-likeness (QED) is 0.363. The van der Waals surface area contributed by atoms with Crippen LogP contribution in [-0.2, 0) is 38.5 Å². The lowest BCUT2D eigenvalue weighted by Gasteiger charge is -2.12. The van der Waals surface area contributed by atoms with E-state index < -0.39 is 23.1 Å². The van der Waals surface area contributed by atoms with Crippen LogP contribution >= 0.6 is 0 Å². The minimum Gasteiger partial charge on any atom is -0.611 e. The number of ether oxygens (including phenoxy) is 1. The summed E-state index contributed by atoms with van der Waals surface area (Å²) in [5, 5.41) is 9.04. The molecule has 0 saturated carbocycles. The average Bonchev–Trinajstić information content (AvgIpc) is 2.66. The highest BCUT2D eigenvalue weighted by molar-refractivity contribution is 7.91. The molecule has 0 aliphatic carbocycles. The number of hydrogen-bond acceptors (Lipinski definition) is 4. The van der Waals surface area contributed by atoms with Gasteiger partial charge in [-0.1, -0.05) is 42.5 Å². The van der Waals surface area contributed by atoms with E-state index in [0.717, 1.165) is 11.1 Å². The highest BCUT2D eigenvalue weighted by Gasteiger charge is 2.22. The third kappa shape index (κ3) is 7.17. The Kier molecular flexibility index (Phi) is 8.51. The molecule has 0 aliphatic heterocycles. The lowest BCUT2D eigenvalue weighted by molar-refractivity contribution is -0.145. The molecule has 1 N–H and O–H groups in total. The predicted octanol–water partition coefficient (Wildman–Crippen LogP) is 3.23. The van der Waals surface area contributed by atoms with Gasteiger partial charge in [-0.05, 0) is 54.2 Å². The van der Waals surface area contributed by atoms with E-state index in [2.05, 4.69) is 0 Å². The molecule has 0 heterocycles. The summed E-state index contributed by atoms with van der Waals surface area (Å²) in [5.41, 5.74) is 2.00. The van der Waals surface area contributed by atoms with E-state index in [9.17, 15) is 14.1 Å². The van der Waals surface area contributed by atoms with Crippen molar-refractivity contribution >= 4 is 22.9 Å². The van der Waals surface area contributed by atoms with Gasteiger partial charge in [0.05, 0.1) is 13.2 Å². The summed E-state index contributed by atoms with van der Waals surface area (Å²) in [4.78, 5) is 23.1. The zero-order chi connectivity index (χ0) is 19.6. The van der Waals surface area contributed by atoms with E-state index in [1.54, 1.807) is 12.1 Å². The fourth-order valence-electron chi connectivity index (χ4n) is 2.64. The van der Waals surface area contributed by atoms with Crippen LogP contribution in [0, 0.1) is 5.92 Å². The van der Waals surface area contributed by atoms with Gasteiger partial charge in [-0.25, -0.2) is 0 Å². The largest absolute Gasteiger partial charge is 0.611 e. The molecule has 144 valence electrons. The first kappa shape index (κ1) is 21.2. The normalized spacial score (nSPS) is 13.1. The van der Waals surface area contributed by atoms with Gasteiger partial charge < -0.3 is 14.4 Å². The Morgan fingerprint density at radius 2 is 1.74 bits per heavy atom. The van der Waals surface area contributed by atoms with Crippen LogP contribution in [0.4, 0.5) is 0 Å². The number of ketones is 1. The monoisotopic (exact) mass is 388 g/mol. The van der Waals surface area contributed by atoms with E-state index in [0.29, 0.717) is 30.3 Å². The van der Waals surface area contributed by atoms with Gasteiger partial charge in [0.15, 0.2) is 4.90 Å². The average molecular weight is 388 g/mol. The lowest BCUT2D eigenvalue weighted by Crippen LogP contribution is -2.22. The summed E-state index contributed by atoms with van der Waals surface area (Å²) in [5.74, 6) is -1.98. The predicted molar refractivity (Wildman–Crippen MR) is 104 cm³/mol. The number of aryl methyl sites for hydroxylation is 1. The van der Waals surface area contributed by atoms with Crippen LogP contribution < -0.4 is 0 Å². The van der Waals surface area contributed by atoms with Gasteiger partial charge >= 0.3 is 5.97 Å². The molecule has 6 heteroatoms. The maximum absolute atomic E-state index is 12.3. The Bertz CT molecular complexity index is 716. The summed E-state index contributed by atoms with van der Waals surface area (Å²) in [6.45, 7) is 2.20. The van der Waals surface area contributed by atoms with Gasteiger partial charge in [0.25, 0.3) is 0 Å². The van der Waals surface area contributed by atoms with Crippen LogP contribution in [-0.4, -0.2) is 33.8 Å². The van der Waals surface area contributed by atoms with Gasteiger partial charge in [0.2, 0.25) is 0 Å². The van der Waals surface area contributed by atoms with Gasteiger partial charge in [-0.2, -0.15) is 0 Å². The second-order valence-corrected chi connectivity index (χ2v) is 7.84. The van der Waals surface area contributed by atoms with Gasteiger partial charge in [0.1, 0.15) is 17.5 Å². The van der Waals surface area contributed by atoms with Crippen LogP contribution in [0.2, 0.25) is 0 Å². The molecule has 0 aromatic heterocycles. The number of hydrogen-bond donors (Lipinski definition) is 1. The van der Waals surface area contributed by atoms with E-state index in [4.69, 9.17) is 9.84 Å². The molecule has 27 heavy (non-hydrogen) atoms. The molecule has 2 rings (SSSR count). The number of carbonyl (C=O) groups is 2. The first-order valence-electron chi connectivity index (χ1n) is 8.79. The molecule has 2 unspecified atom stereocenters. The first-order valence-corrected chi connectivity index (χ1v) is 10.1. The maximum Gasteiger partial charge on any atom is 0.314 e. The summed E-state index contributed by atoms with van der Waals surface area (Å²) < 4.78 is 17.9. The molecule has 0 radical (unpaired) electrons. The number of carboxylic acid groups (broad SMARTS) is 1. The summed E-state index contributed by atoms with van der Waals surface area (Å²) >= 11 is -1.15. The number of aliphatic carboxylic acids is 1. The first-order chi connectivity index (χ1) is 13.0. The molecule has 0 saturated heterocycles. The van der Waals surface area contributed by atoms with Crippen LogP contribution in [0.5, 0.6) is 0 Å². The highest BCUT2D eigenvalue weighted by Crippen LogP contribution is 2.16. The topological polar surface area (TPSA) is 86.7 Å². The van der Waals surface area contributed by atoms with Crippen LogP contribution in [0.1, 0.15) is 24.5 Å². The minimum atomic E-state index is -1.15. The molecule has 2 aromatic carbocycles. The van der Waals surface area contributed by atoms with Crippen molar-refractivity contribution < 1.29 is 24.0 Å². The molecule has 5 nitrogen and oxygen atoms in total. The third-order valence-corrected chi connectivity index (χ3v) is 5.56. The van der Waals surface area contributed by atoms with Crippen molar-refractivity contribution in [1.82, 2.24) is 0 Å². The number of carboxylic acids is 1. The fourth-order valence-corrected chi connectivity index (χ4v) is 3.58. The Morgan fingerprint density at radius 1 is 1.07 bits per heavy atom. The van der Waals surface area contributed by atoms with Crippen LogP contribution in [0.15, 0.2) is 59.5 Å². The summed E-state index contributed by atoms with van der Waals surface area (Å²) in [7, 11) is 0. The molecule has 0 aliphatic rings. The number of carbonyl (C=O) groups excluding carboxylic acids is 1. The van der Waals surface area contributed by atoms with Crippen molar-refractivity contribution in [3.63, 3.8) is 0 Å². The van der Waals surface area contributed by atoms with Gasteiger partial charge in [0, 0.05) is 0 Å². The number of Topliss-reactive ketones (excluding diaryl/α,β-unsaturated/α-hetero) is 1. The molecule has 0 fully saturated rings.